The number of carbonyl (C=O) groups excluding carboxylic acids is 1. The summed E-state index contributed by atoms with van der Waals surface area (Å²) < 4.78 is 50.7. The van der Waals surface area contributed by atoms with Crippen LogP contribution in [-0.2, 0) is 10.0 Å². The summed E-state index contributed by atoms with van der Waals surface area (Å²) in [6.07, 6.45) is 0. The molecule has 0 aliphatic carbocycles. The van der Waals surface area contributed by atoms with E-state index in [4.69, 9.17) is 18.9 Å². The van der Waals surface area contributed by atoms with Gasteiger partial charge in [-0.1, -0.05) is 17.7 Å². The first kappa shape index (κ1) is 26.9. The minimum atomic E-state index is -4.28. The summed E-state index contributed by atoms with van der Waals surface area (Å²) in [4.78, 5) is 13.9. The van der Waals surface area contributed by atoms with E-state index in [-0.39, 0.29) is 27.6 Å². The molecule has 0 saturated carbocycles. The molecule has 0 aliphatic rings. The van der Waals surface area contributed by atoms with E-state index in [1.54, 1.807) is 38.1 Å². The van der Waals surface area contributed by atoms with Crippen LogP contribution in [0.15, 0.2) is 65.6 Å². The Morgan fingerprint density at radius 2 is 1.33 bits per heavy atom. The highest BCUT2D eigenvalue weighted by Crippen LogP contribution is 2.40. The standard InChI is InChI=1S/C27H31NO7S/c1-6-33-24-17-20(18-25(34-7-2)26(24)35-8-3)27(29)28(21-11-13-22(32-5)14-12-21)36(30,31)23-15-9-19(4)10-16-23/h9-18H,6-8H2,1-5H3. The molecule has 0 atom stereocenters. The molecule has 0 heterocycles. The molecule has 9 heteroatoms. The van der Waals surface area contributed by atoms with Gasteiger partial charge in [-0.25, -0.2) is 8.42 Å². The summed E-state index contributed by atoms with van der Waals surface area (Å²) in [5, 5.41) is 0. The van der Waals surface area contributed by atoms with Crippen LogP contribution in [0, 0.1) is 6.92 Å². The molecule has 3 aromatic rings. The second kappa shape index (κ2) is 11.8. The molecule has 0 radical (unpaired) electrons. The van der Waals surface area contributed by atoms with Crippen LogP contribution >= 0.6 is 0 Å². The zero-order chi connectivity index (χ0) is 26.3. The molecule has 8 nitrogen and oxygen atoms in total. The Morgan fingerprint density at radius 1 is 0.806 bits per heavy atom. The maximum atomic E-state index is 13.9. The third-order valence-corrected chi connectivity index (χ3v) is 6.93. The number of amides is 1. The van der Waals surface area contributed by atoms with Crippen LogP contribution < -0.4 is 23.3 Å². The second-order valence-electron chi connectivity index (χ2n) is 7.69. The van der Waals surface area contributed by atoms with Crippen LogP contribution in [0.1, 0.15) is 36.7 Å². The summed E-state index contributed by atoms with van der Waals surface area (Å²) in [6.45, 7) is 8.26. The Bertz CT molecular complexity index is 1260. The average Bonchev–Trinajstić information content (AvgIpc) is 2.86. The predicted octanol–water partition coefficient (Wildman–Crippen LogP) is 5.24. The molecule has 1 amide bonds. The van der Waals surface area contributed by atoms with Crippen LogP contribution in [-0.4, -0.2) is 41.3 Å². The topological polar surface area (TPSA) is 91.4 Å². The van der Waals surface area contributed by atoms with Crippen molar-refractivity contribution < 1.29 is 32.2 Å². The molecule has 0 unspecified atom stereocenters. The molecule has 0 fully saturated rings. The Hall–Kier alpha value is -3.72. The molecule has 192 valence electrons. The van der Waals surface area contributed by atoms with Gasteiger partial charge >= 0.3 is 0 Å². The van der Waals surface area contributed by atoms with Gasteiger partial charge in [0.05, 0.1) is 37.5 Å². The largest absolute Gasteiger partial charge is 0.497 e. The lowest BCUT2D eigenvalue weighted by Gasteiger charge is -2.24. The van der Waals surface area contributed by atoms with Crippen LogP contribution in [0.5, 0.6) is 23.0 Å². The number of hydrogen-bond donors (Lipinski definition) is 0. The molecular weight excluding hydrogens is 482 g/mol. The lowest BCUT2D eigenvalue weighted by molar-refractivity contribution is 0.100. The van der Waals surface area contributed by atoms with Crippen molar-refractivity contribution in [1.29, 1.82) is 0 Å². The van der Waals surface area contributed by atoms with Gasteiger partial charge in [-0.2, -0.15) is 4.31 Å². The fourth-order valence-corrected chi connectivity index (χ4v) is 4.94. The minimum Gasteiger partial charge on any atom is -0.497 e. The Labute approximate surface area is 212 Å². The summed E-state index contributed by atoms with van der Waals surface area (Å²) in [7, 11) is -2.77. The lowest BCUT2D eigenvalue weighted by atomic mass is 10.1. The van der Waals surface area contributed by atoms with E-state index in [1.165, 1.54) is 43.5 Å². The molecule has 3 aromatic carbocycles. The van der Waals surface area contributed by atoms with Crippen molar-refractivity contribution in [1.82, 2.24) is 0 Å². The highest BCUT2D eigenvalue weighted by molar-refractivity contribution is 7.93. The quantitative estimate of drug-likeness (QED) is 0.346. The van der Waals surface area contributed by atoms with Crippen molar-refractivity contribution in [2.75, 3.05) is 31.2 Å². The van der Waals surface area contributed by atoms with E-state index < -0.39 is 15.9 Å². The summed E-state index contributed by atoms with van der Waals surface area (Å²) >= 11 is 0. The smallest absolute Gasteiger partial charge is 0.272 e. The molecule has 0 N–H and O–H groups in total. The summed E-state index contributed by atoms with van der Waals surface area (Å²) in [5.41, 5.74) is 1.12. The van der Waals surface area contributed by atoms with Gasteiger partial charge < -0.3 is 18.9 Å². The van der Waals surface area contributed by atoms with E-state index in [9.17, 15) is 13.2 Å². The first-order chi connectivity index (χ1) is 17.3. The number of aryl methyl sites for hydroxylation is 1. The molecule has 0 saturated heterocycles. The normalized spacial score (nSPS) is 11.0. The highest BCUT2D eigenvalue weighted by atomic mass is 32.2. The molecule has 36 heavy (non-hydrogen) atoms. The number of rotatable bonds is 11. The number of hydrogen-bond acceptors (Lipinski definition) is 7. The van der Waals surface area contributed by atoms with Gasteiger partial charge in [-0.15, -0.1) is 0 Å². The number of sulfonamides is 1. The van der Waals surface area contributed by atoms with Crippen LogP contribution in [0.3, 0.4) is 0 Å². The number of anilines is 1. The van der Waals surface area contributed by atoms with E-state index in [2.05, 4.69) is 0 Å². The van der Waals surface area contributed by atoms with E-state index in [0.717, 1.165) is 9.87 Å². The zero-order valence-electron chi connectivity index (χ0n) is 21.1. The Morgan fingerprint density at radius 3 is 1.81 bits per heavy atom. The van der Waals surface area contributed by atoms with Crippen molar-refractivity contribution in [2.24, 2.45) is 0 Å². The van der Waals surface area contributed by atoms with Crippen molar-refractivity contribution >= 4 is 21.6 Å². The zero-order valence-corrected chi connectivity index (χ0v) is 21.9. The van der Waals surface area contributed by atoms with Gasteiger partial charge in [-0.05, 0) is 76.2 Å². The molecule has 0 aromatic heterocycles. The van der Waals surface area contributed by atoms with E-state index in [1.807, 2.05) is 13.8 Å². The first-order valence-electron chi connectivity index (χ1n) is 11.6. The van der Waals surface area contributed by atoms with Crippen molar-refractivity contribution in [2.45, 2.75) is 32.6 Å². The van der Waals surface area contributed by atoms with Gasteiger partial charge in [0, 0.05) is 5.56 Å². The molecular formula is C27H31NO7S. The maximum Gasteiger partial charge on any atom is 0.272 e. The maximum absolute atomic E-state index is 13.9. The Kier molecular flexibility index (Phi) is 8.82. The SMILES string of the molecule is CCOc1cc(C(=O)N(c2ccc(OC)cc2)S(=O)(=O)c2ccc(C)cc2)cc(OCC)c1OCC. The monoisotopic (exact) mass is 513 g/mol. The number of ether oxygens (including phenoxy) is 4. The number of carbonyl (C=O) groups is 1. The number of methoxy groups -OCH3 is 1. The molecule has 3 rings (SSSR count). The van der Waals surface area contributed by atoms with Crippen molar-refractivity contribution in [3.05, 3.63) is 71.8 Å². The van der Waals surface area contributed by atoms with Crippen molar-refractivity contribution in [3.63, 3.8) is 0 Å². The van der Waals surface area contributed by atoms with Gasteiger partial charge in [0.2, 0.25) is 5.75 Å². The second-order valence-corrected chi connectivity index (χ2v) is 9.47. The van der Waals surface area contributed by atoms with Crippen LogP contribution in [0.4, 0.5) is 5.69 Å². The van der Waals surface area contributed by atoms with Gasteiger partial charge in [0.25, 0.3) is 15.9 Å². The molecule has 0 spiro atoms. The van der Waals surface area contributed by atoms with Gasteiger partial charge in [0.15, 0.2) is 11.5 Å². The predicted molar refractivity (Wildman–Crippen MR) is 138 cm³/mol. The Balaban J connectivity index is 2.21. The lowest BCUT2D eigenvalue weighted by Crippen LogP contribution is -2.37. The number of benzene rings is 3. The molecule has 0 aliphatic heterocycles. The highest BCUT2D eigenvalue weighted by Gasteiger charge is 2.33. The van der Waals surface area contributed by atoms with Crippen LogP contribution in [0.25, 0.3) is 0 Å². The first-order valence-corrected chi connectivity index (χ1v) is 13.1. The fraction of sp³-hybridized carbons (Fsp3) is 0.296. The number of nitrogens with zero attached hydrogens (tertiary/aromatic N) is 1. The molecule has 0 bridgehead atoms. The fourth-order valence-electron chi connectivity index (χ4n) is 3.53. The van der Waals surface area contributed by atoms with Gasteiger partial charge in [-0.3, -0.25) is 4.79 Å². The third kappa shape index (κ3) is 5.73. The van der Waals surface area contributed by atoms with Gasteiger partial charge in [0.1, 0.15) is 5.75 Å². The third-order valence-electron chi connectivity index (χ3n) is 5.21. The van der Waals surface area contributed by atoms with Crippen molar-refractivity contribution in [3.8, 4) is 23.0 Å². The average molecular weight is 514 g/mol. The van der Waals surface area contributed by atoms with E-state index >= 15 is 0 Å². The summed E-state index contributed by atoms with van der Waals surface area (Å²) in [5.74, 6) is 0.685. The van der Waals surface area contributed by atoms with E-state index in [0.29, 0.717) is 31.3 Å². The minimum absolute atomic E-state index is 0.0155. The van der Waals surface area contributed by atoms with Crippen LogP contribution in [0.2, 0.25) is 0 Å². The summed E-state index contributed by atoms with van der Waals surface area (Å²) in [6, 6.07) is 15.5.